The van der Waals surface area contributed by atoms with Gasteiger partial charge in [-0.1, -0.05) is 13.8 Å². The summed E-state index contributed by atoms with van der Waals surface area (Å²) in [4.78, 5) is 4.72. The summed E-state index contributed by atoms with van der Waals surface area (Å²) in [5, 5.41) is 3.83. The number of likely N-dealkylation sites (N-methyl/N-ethyl adjacent to an activating group) is 2. The minimum absolute atomic E-state index is 0.617. The lowest BCUT2D eigenvalue weighted by Gasteiger charge is -2.35. The smallest absolute Gasteiger partial charge is 0.0220 e. The van der Waals surface area contributed by atoms with Crippen molar-refractivity contribution in [3.8, 4) is 0 Å². The van der Waals surface area contributed by atoms with Gasteiger partial charge in [-0.2, -0.15) is 0 Å². The number of nitrogens with one attached hydrogen (secondary N) is 1. The molecular formula is C13H29N3. The van der Waals surface area contributed by atoms with Gasteiger partial charge in [-0.05, 0) is 46.4 Å². The first-order chi connectivity index (χ1) is 7.49. The molecule has 2 atom stereocenters. The average Bonchev–Trinajstić information content (AvgIpc) is 2.15. The van der Waals surface area contributed by atoms with E-state index in [1.165, 1.54) is 25.9 Å². The molecule has 0 bridgehead atoms. The van der Waals surface area contributed by atoms with Crippen LogP contribution in [0.4, 0.5) is 0 Å². The maximum absolute atomic E-state index is 3.83. The van der Waals surface area contributed by atoms with Crippen molar-refractivity contribution in [1.29, 1.82) is 0 Å². The van der Waals surface area contributed by atoms with Crippen LogP contribution in [0.15, 0.2) is 0 Å². The van der Waals surface area contributed by atoms with Gasteiger partial charge in [-0.25, -0.2) is 0 Å². The van der Waals surface area contributed by atoms with Gasteiger partial charge in [0.05, 0.1) is 0 Å². The average molecular weight is 227 g/mol. The summed E-state index contributed by atoms with van der Waals surface area (Å²) >= 11 is 0. The third-order valence-electron chi connectivity index (χ3n) is 3.44. The summed E-state index contributed by atoms with van der Waals surface area (Å²) in [6, 6.07) is 1.30. The number of hydrogen-bond donors (Lipinski definition) is 1. The zero-order valence-corrected chi connectivity index (χ0v) is 11.7. The van der Waals surface area contributed by atoms with E-state index in [-0.39, 0.29) is 0 Å². The molecule has 0 amide bonds. The van der Waals surface area contributed by atoms with Gasteiger partial charge in [-0.15, -0.1) is 0 Å². The molecule has 1 saturated heterocycles. The van der Waals surface area contributed by atoms with Crippen LogP contribution in [0.3, 0.4) is 0 Å². The molecule has 0 spiro atoms. The molecule has 0 aromatic carbocycles. The lowest BCUT2D eigenvalue weighted by atomic mass is 9.99. The van der Waals surface area contributed by atoms with Crippen LogP contribution in [0.2, 0.25) is 0 Å². The third kappa shape index (κ3) is 4.81. The third-order valence-corrected chi connectivity index (χ3v) is 3.44. The van der Waals surface area contributed by atoms with Crippen molar-refractivity contribution in [2.24, 2.45) is 5.92 Å². The van der Waals surface area contributed by atoms with E-state index < -0.39 is 0 Å². The first kappa shape index (κ1) is 13.9. The summed E-state index contributed by atoms with van der Waals surface area (Å²) in [6.07, 6.45) is 2.67. The summed E-state index contributed by atoms with van der Waals surface area (Å²) in [6.45, 7) is 8.23. The Labute approximate surface area is 101 Å². The zero-order valence-electron chi connectivity index (χ0n) is 11.7. The molecule has 3 nitrogen and oxygen atoms in total. The molecule has 1 aliphatic rings. The molecule has 1 rings (SSSR count). The summed E-state index contributed by atoms with van der Waals surface area (Å²) in [5.41, 5.74) is 0. The summed E-state index contributed by atoms with van der Waals surface area (Å²) in [7, 11) is 6.54. The topological polar surface area (TPSA) is 18.5 Å². The van der Waals surface area contributed by atoms with Gasteiger partial charge in [0, 0.05) is 25.2 Å². The van der Waals surface area contributed by atoms with Crippen LogP contribution >= 0.6 is 0 Å². The van der Waals surface area contributed by atoms with Crippen molar-refractivity contribution in [2.45, 2.75) is 38.8 Å². The van der Waals surface area contributed by atoms with Crippen LogP contribution in [0.1, 0.15) is 26.7 Å². The Bertz CT molecular complexity index is 192. The van der Waals surface area contributed by atoms with Crippen LogP contribution in [-0.4, -0.2) is 62.7 Å². The quantitative estimate of drug-likeness (QED) is 0.763. The molecule has 0 radical (unpaired) electrons. The van der Waals surface area contributed by atoms with Crippen molar-refractivity contribution >= 4 is 0 Å². The Morgan fingerprint density at radius 3 is 2.56 bits per heavy atom. The molecule has 1 N–H and O–H groups in total. The van der Waals surface area contributed by atoms with E-state index in [1.807, 2.05) is 0 Å². The van der Waals surface area contributed by atoms with Crippen LogP contribution in [0, 0.1) is 5.92 Å². The molecule has 0 aliphatic carbocycles. The van der Waals surface area contributed by atoms with Gasteiger partial charge in [0.1, 0.15) is 0 Å². The lowest BCUT2D eigenvalue weighted by molar-refractivity contribution is 0.191. The maximum atomic E-state index is 3.83. The monoisotopic (exact) mass is 227 g/mol. The van der Waals surface area contributed by atoms with E-state index >= 15 is 0 Å². The minimum Gasteiger partial charge on any atom is -0.308 e. The first-order valence-electron chi connectivity index (χ1n) is 6.58. The molecular weight excluding hydrogens is 198 g/mol. The highest BCUT2D eigenvalue weighted by Crippen LogP contribution is 2.11. The van der Waals surface area contributed by atoms with Crippen molar-refractivity contribution in [3.63, 3.8) is 0 Å². The number of hydrogen-bond acceptors (Lipinski definition) is 3. The minimum atomic E-state index is 0.617. The van der Waals surface area contributed by atoms with Crippen LogP contribution < -0.4 is 5.32 Å². The van der Waals surface area contributed by atoms with Crippen LogP contribution in [-0.2, 0) is 0 Å². The molecule has 2 unspecified atom stereocenters. The van der Waals surface area contributed by atoms with Gasteiger partial charge >= 0.3 is 0 Å². The van der Waals surface area contributed by atoms with Crippen LogP contribution in [0.25, 0.3) is 0 Å². The molecule has 1 heterocycles. The normalized spacial score (nSPS) is 25.3. The Morgan fingerprint density at radius 2 is 2.06 bits per heavy atom. The number of piperidine rings is 1. The Kier molecular flexibility index (Phi) is 5.73. The lowest BCUT2D eigenvalue weighted by Crippen LogP contribution is -2.52. The second-order valence-electron chi connectivity index (χ2n) is 5.88. The Balaban J connectivity index is 2.41. The first-order valence-corrected chi connectivity index (χ1v) is 6.58. The maximum Gasteiger partial charge on any atom is 0.0220 e. The largest absolute Gasteiger partial charge is 0.308 e. The van der Waals surface area contributed by atoms with Gasteiger partial charge < -0.3 is 15.1 Å². The second kappa shape index (κ2) is 6.58. The highest BCUT2D eigenvalue weighted by Gasteiger charge is 2.22. The summed E-state index contributed by atoms with van der Waals surface area (Å²) in [5.74, 6) is 0.703. The van der Waals surface area contributed by atoms with E-state index in [2.05, 4.69) is 50.1 Å². The molecule has 96 valence electrons. The molecule has 3 heteroatoms. The van der Waals surface area contributed by atoms with E-state index in [1.54, 1.807) is 0 Å². The highest BCUT2D eigenvalue weighted by atomic mass is 15.2. The highest BCUT2D eigenvalue weighted by molar-refractivity contribution is 4.82. The van der Waals surface area contributed by atoms with Gasteiger partial charge in [0.15, 0.2) is 0 Å². The van der Waals surface area contributed by atoms with Crippen molar-refractivity contribution < 1.29 is 0 Å². The predicted octanol–water partition coefficient (Wildman–Crippen LogP) is 1.26. The molecule has 1 fully saturated rings. The summed E-state index contributed by atoms with van der Waals surface area (Å²) < 4.78 is 0. The molecule has 16 heavy (non-hydrogen) atoms. The van der Waals surface area contributed by atoms with Gasteiger partial charge in [0.25, 0.3) is 0 Å². The standard InChI is InChI=1S/C13H29N3/c1-11(2)13(10-15(3)4)14-12-7-6-8-16(5)9-12/h11-14H,6-10H2,1-5H3. The fourth-order valence-electron chi connectivity index (χ4n) is 2.45. The SMILES string of the molecule is CC(C)C(CN(C)C)NC1CCCN(C)C1. The molecule has 1 aliphatic heterocycles. The predicted molar refractivity (Wildman–Crippen MR) is 70.8 cm³/mol. The number of nitrogens with zero attached hydrogens (tertiary/aromatic N) is 2. The Hall–Kier alpha value is -0.120. The van der Waals surface area contributed by atoms with E-state index in [9.17, 15) is 0 Å². The molecule has 0 aromatic heterocycles. The number of likely N-dealkylation sites (tertiary alicyclic amines) is 1. The molecule has 0 saturated carbocycles. The fourth-order valence-corrected chi connectivity index (χ4v) is 2.45. The Morgan fingerprint density at radius 1 is 1.38 bits per heavy atom. The molecule has 0 aromatic rings. The van der Waals surface area contributed by atoms with Crippen molar-refractivity contribution in [1.82, 2.24) is 15.1 Å². The number of rotatable bonds is 5. The second-order valence-corrected chi connectivity index (χ2v) is 5.88. The van der Waals surface area contributed by atoms with Crippen LogP contribution in [0.5, 0.6) is 0 Å². The van der Waals surface area contributed by atoms with E-state index in [4.69, 9.17) is 0 Å². The van der Waals surface area contributed by atoms with E-state index in [0.29, 0.717) is 18.0 Å². The zero-order chi connectivity index (χ0) is 12.1. The van der Waals surface area contributed by atoms with E-state index in [0.717, 1.165) is 6.54 Å². The van der Waals surface area contributed by atoms with Gasteiger partial charge in [-0.3, -0.25) is 0 Å². The fraction of sp³-hybridized carbons (Fsp3) is 1.00. The van der Waals surface area contributed by atoms with Crippen molar-refractivity contribution in [3.05, 3.63) is 0 Å². The van der Waals surface area contributed by atoms with Crippen molar-refractivity contribution in [2.75, 3.05) is 40.8 Å². The van der Waals surface area contributed by atoms with Gasteiger partial charge in [0.2, 0.25) is 0 Å².